The van der Waals surface area contributed by atoms with Crippen LogP contribution < -0.4 is 26.6 Å². The topological polar surface area (TPSA) is 203 Å². The Morgan fingerprint density at radius 3 is 1.98 bits per heavy atom. The summed E-state index contributed by atoms with van der Waals surface area (Å²) in [5.74, 6) is -3.09. The van der Waals surface area contributed by atoms with Crippen LogP contribution in [0.25, 0.3) is 0 Å². The standard InChI is InChI=1S/C34H55N5O8S/c1-19(2)14-26(38-31(43)25(12-13-48-8)37-32(44)27(15-20(3)4)36-22(7)40)28(41)17-29(42)39-30(21(5)6)33(45)35-18-23-10-9-11-24(16-23)34(46)47/h9-11,16,19-21,25-28,30,41H,12-15,17-18H2,1-8H3,(H,35,45)(H,36,40)(H,37,44)(H,38,43)(H,39,42)(H,46,47)/t25-,26-,27-,28-,30-/m0/s1. The highest BCUT2D eigenvalue weighted by Gasteiger charge is 2.32. The van der Waals surface area contributed by atoms with Gasteiger partial charge in [-0.05, 0) is 66.7 Å². The smallest absolute Gasteiger partial charge is 0.335 e. The predicted octanol–water partition coefficient (Wildman–Crippen LogP) is 2.21. The van der Waals surface area contributed by atoms with Gasteiger partial charge in [-0.15, -0.1) is 0 Å². The van der Waals surface area contributed by atoms with Crippen LogP contribution in [0.1, 0.15) is 90.1 Å². The maximum absolute atomic E-state index is 13.5. The zero-order valence-electron chi connectivity index (χ0n) is 29.4. The Hall–Kier alpha value is -3.65. The van der Waals surface area contributed by atoms with E-state index >= 15 is 0 Å². The molecule has 0 radical (unpaired) electrons. The minimum absolute atomic E-state index is 0.0382. The minimum Gasteiger partial charge on any atom is -0.478 e. The van der Waals surface area contributed by atoms with E-state index in [2.05, 4.69) is 26.6 Å². The number of hydrogen-bond acceptors (Lipinski definition) is 8. The van der Waals surface area contributed by atoms with Crippen molar-refractivity contribution in [1.29, 1.82) is 0 Å². The van der Waals surface area contributed by atoms with Crippen LogP contribution in [0.4, 0.5) is 0 Å². The molecule has 0 bridgehead atoms. The van der Waals surface area contributed by atoms with E-state index in [9.17, 15) is 39.0 Å². The number of carbonyl (C=O) groups excluding carboxylic acids is 5. The van der Waals surface area contributed by atoms with Gasteiger partial charge in [0.15, 0.2) is 0 Å². The summed E-state index contributed by atoms with van der Waals surface area (Å²) >= 11 is 1.50. The monoisotopic (exact) mass is 693 g/mol. The SMILES string of the molecule is CSCC[C@H](NC(=O)[C@H](CC(C)C)NC(C)=O)C(=O)N[C@@H](CC(C)C)[C@@H](O)CC(=O)N[C@H](C(=O)NCc1cccc(C(=O)O)c1)C(C)C. The van der Waals surface area contributed by atoms with Crippen molar-refractivity contribution in [1.82, 2.24) is 26.6 Å². The zero-order chi connectivity index (χ0) is 36.6. The highest BCUT2D eigenvalue weighted by molar-refractivity contribution is 7.98. The lowest BCUT2D eigenvalue weighted by atomic mass is 9.96. The number of nitrogens with one attached hydrogen (secondary N) is 5. The average molecular weight is 694 g/mol. The number of carbonyl (C=O) groups is 6. The van der Waals surface area contributed by atoms with E-state index in [0.717, 1.165) is 0 Å². The lowest BCUT2D eigenvalue weighted by Crippen LogP contribution is -2.57. The van der Waals surface area contributed by atoms with Crippen LogP contribution in [0, 0.1) is 17.8 Å². The summed E-state index contributed by atoms with van der Waals surface area (Å²) in [6.45, 7) is 12.6. The van der Waals surface area contributed by atoms with E-state index in [0.29, 0.717) is 30.6 Å². The second-order valence-electron chi connectivity index (χ2n) is 13.3. The summed E-state index contributed by atoms with van der Waals surface area (Å²) in [5, 5.41) is 34.0. The van der Waals surface area contributed by atoms with Crippen LogP contribution in [-0.2, 0) is 30.5 Å². The average Bonchev–Trinajstić information content (AvgIpc) is 2.99. The first-order valence-electron chi connectivity index (χ1n) is 16.4. The lowest BCUT2D eigenvalue weighted by molar-refractivity contribution is -0.133. The number of hydrogen-bond donors (Lipinski definition) is 7. The molecule has 5 atom stereocenters. The van der Waals surface area contributed by atoms with Crippen molar-refractivity contribution in [3.63, 3.8) is 0 Å². The molecular weight excluding hydrogens is 638 g/mol. The summed E-state index contributed by atoms with van der Waals surface area (Å²) in [6, 6.07) is 2.65. The van der Waals surface area contributed by atoms with Gasteiger partial charge in [-0.1, -0.05) is 53.7 Å². The highest BCUT2D eigenvalue weighted by atomic mass is 32.2. The second-order valence-corrected chi connectivity index (χ2v) is 14.2. The van der Waals surface area contributed by atoms with Crippen molar-refractivity contribution < 1.29 is 39.0 Å². The van der Waals surface area contributed by atoms with Crippen molar-refractivity contribution in [3.8, 4) is 0 Å². The summed E-state index contributed by atoms with van der Waals surface area (Å²) in [6.07, 6.45) is 1.23. The summed E-state index contributed by atoms with van der Waals surface area (Å²) in [7, 11) is 0. The van der Waals surface area contributed by atoms with Gasteiger partial charge in [0.05, 0.1) is 24.1 Å². The van der Waals surface area contributed by atoms with Gasteiger partial charge in [-0.25, -0.2) is 4.79 Å². The summed E-state index contributed by atoms with van der Waals surface area (Å²) in [4.78, 5) is 75.8. The molecule has 13 nitrogen and oxygen atoms in total. The van der Waals surface area contributed by atoms with Crippen LogP contribution in [0.3, 0.4) is 0 Å². The third-order valence-electron chi connectivity index (χ3n) is 7.46. The number of thioether (sulfide) groups is 1. The predicted molar refractivity (Wildman–Crippen MR) is 186 cm³/mol. The number of aromatic carboxylic acids is 1. The van der Waals surface area contributed by atoms with E-state index < -0.39 is 66.3 Å². The van der Waals surface area contributed by atoms with Gasteiger partial charge < -0.3 is 36.8 Å². The van der Waals surface area contributed by atoms with Crippen molar-refractivity contribution in [3.05, 3.63) is 35.4 Å². The molecule has 0 aliphatic heterocycles. The first kappa shape index (κ1) is 42.4. The number of benzene rings is 1. The van der Waals surface area contributed by atoms with Gasteiger partial charge >= 0.3 is 5.97 Å². The molecule has 48 heavy (non-hydrogen) atoms. The second kappa shape index (κ2) is 21.3. The lowest BCUT2D eigenvalue weighted by Gasteiger charge is -2.29. The minimum atomic E-state index is -1.30. The highest BCUT2D eigenvalue weighted by Crippen LogP contribution is 2.14. The first-order valence-corrected chi connectivity index (χ1v) is 17.8. The van der Waals surface area contributed by atoms with Gasteiger partial charge in [0, 0.05) is 13.5 Å². The van der Waals surface area contributed by atoms with E-state index in [1.54, 1.807) is 26.0 Å². The van der Waals surface area contributed by atoms with Gasteiger partial charge in [-0.2, -0.15) is 11.8 Å². The molecule has 1 rings (SSSR count). The number of amides is 5. The Labute approximate surface area is 288 Å². The molecule has 1 aromatic rings. The molecule has 0 saturated heterocycles. The number of carboxylic acids is 1. The molecule has 0 heterocycles. The number of aliphatic hydroxyl groups excluding tert-OH is 1. The largest absolute Gasteiger partial charge is 0.478 e. The Morgan fingerprint density at radius 2 is 1.44 bits per heavy atom. The quantitative estimate of drug-likeness (QED) is 0.101. The zero-order valence-corrected chi connectivity index (χ0v) is 30.2. The fraction of sp³-hybridized carbons (Fsp3) is 0.647. The molecule has 0 spiro atoms. The molecule has 0 aliphatic carbocycles. The van der Waals surface area contributed by atoms with Gasteiger partial charge in [0.25, 0.3) is 0 Å². The summed E-state index contributed by atoms with van der Waals surface area (Å²) in [5.41, 5.74) is 0.670. The van der Waals surface area contributed by atoms with E-state index in [1.165, 1.54) is 30.8 Å². The Bertz CT molecular complexity index is 1240. The Kier molecular flexibility index (Phi) is 18.8. The maximum atomic E-state index is 13.5. The normalized spacial score (nSPS) is 14.4. The van der Waals surface area contributed by atoms with Crippen molar-refractivity contribution in [2.24, 2.45) is 17.8 Å². The van der Waals surface area contributed by atoms with Crippen LogP contribution >= 0.6 is 11.8 Å². The van der Waals surface area contributed by atoms with E-state index in [-0.39, 0.29) is 35.8 Å². The first-order chi connectivity index (χ1) is 22.4. The molecule has 0 aliphatic rings. The molecule has 1 aromatic carbocycles. The fourth-order valence-electron chi connectivity index (χ4n) is 5.04. The van der Waals surface area contributed by atoms with Crippen LogP contribution in [0.5, 0.6) is 0 Å². The van der Waals surface area contributed by atoms with Gasteiger partial charge in [0.1, 0.15) is 18.1 Å². The summed E-state index contributed by atoms with van der Waals surface area (Å²) < 4.78 is 0. The van der Waals surface area contributed by atoms with Gasteiger partial charge in [0.2, 0.25) is 29.5 Å². The Balaban J connectivity index is 2.99. The van der Waals surface area contributed by atoms with E-state index in [1.807, 2.05) is 34.0 Å². The molecule has 5 amide bonds. The fourth-order valence-corrected chi connectivity index (χ4v) is 5.51. The number of aliphatic hydroxyl groups is 1. The molecule has 0 aromatic heterocycles. The molecule has 14 heteroatoms. The third kappa shape index (κ3) is 16.0. The molecule has 0 unspecified atom stereocenters. The van der Waals surface area contributed by atoms with Crippen molar-refractivity contribution in [2.75, 3.05) is 12.0 Å². The van der Waals surface area contributed by atoms with Crippen LogP contribution in [0.15, 0.2) is 24.3 Å². The molecule has 270 valence electrons. The Morgan fingerprint density at radius 1 is 0.812 bits per heavy atom. The van der Waals surface area contributed by atoms with Crippen molar-refractivity contribution in [2.45, 2.75) is 111 Å². The molecule has 0 fully saturated rings. The number of rotatable bonds is 21. The third-order valence-corrected chi connectivity index (χ3v) is 8.11. The van der Waals surface area contributed by atoms with Crippen molar-refractivity contribution >= 4 is 47.3 Å². The number of carboxylic acid groups (broad SMARTS) is 1. The van der Waals surface area contributed by atoms with Gasteiger partial charge in [-0.3, -0.25) is 24.0 Å². The molecule has 0 saturated carbocycles. The maximum Gasteiger partial charge on any atom is 0.335 e. The van der Waals surface area contributed by atoms with E-state index in [4.69, 9.17) is 0 Å². The molecule has 7 N–H and O–H groups in total. The molecular formula is C34H55N5O8S. The van der Waals surface area contributed by atoms with Crippen LogP contribution in [0.2, 0.25) is 0 Å². The van der Waals surface area contributed by atoms with Crippen LogP contribution in [-0.4, -0.2) is 88.0 Å².